The van der Waals surface area contributed by atoms with Gasteiger partial charge in [-0.25, -0.2) is 4.79 Å². The van der Waals surface area contributed by atoms with E-state index in [9.17, 15) is 9.90 Å². The average Bonchev–Trinajstić information content (AvgIpc) is 2.79. The fraction of sp³-hybridized carbons (Fsp3) is 0.533. The van der Waals surface area contributed by atoms with Crippen molar-refractivity contribution in [1.29, 1.82) is 0 Å². The van der Waals surface area contributed by atoms with Gasteiger partial charge in [0.1, 0.15) is 11.4 Å². The SMILES string of the molecule is CC(C)(C)OC(=O)N1CC[C@H](Sc2ccc(O)cc2)C1. The zero-order chi connectivity index (χ0) is 14.8. The number of thioether (sulfide) groups is 1. The number of rotatable bonds is 2. The lowest BCUT2D eigenvalue weighted by Crippen LogP contribution is -2.35. The third kappa shape index (κ3) is 4.34. The molecular weight excluding hydrogens is 274 g/mol. The molecule has 1 aromatic rings. The van der Waals surface area contributed by atoms with Crippen LogP contribution in [0.25, 0.3) is 0 Å². The number of ether oxygens (including phenoxy) is 1. The van der Waals surface area contributed by atoms with Crippen LogP contribution in [-0.2, 0) is 4.74 Å². The summed E-state index contributed by atoms with van der Waals surface area (Å²) in [6.07, 6.45) is 0.733. The fourth-order valence-electron chi connectivity index (χ4n) is 2.03. The van der Waals surface area contributed by atoms with Gasteiger partial charge in [0, 0.05) is 23.2 Å². The van der Waals surface area contributed by atoms with Gasteiger partial charge in [0.25, 0.3) is 0 Å². The molecule has 5 heteroatoms. The molecule has 20 heavy (non-hydrogen) atoms. The molecule has 0 bridgehead atoms. The van der Waals surface area contributed by atoms with Crippen LogP contribution < -0.4 is 0 Å². The Balaban J connectivity index is 1.86. The molecule has 1 amide bonds. The maximum absolute atomic E-state index is 12.0. The molecular formula is C15H21NO3S. The molecule has 1 fully saturated rings. The van der Waals surface area contributed by atoms with Crippen molar-refractivity contribution >= 4 is 17.9 Å². The molecule has 1 atom stereocenters. The van der Waals surface area contributed by atoms with E-state index < -0.39 is 5.60 Å². The van der Waals surface area contributed by atoms with Crippen molar-refractivity contribution in [3.63, 3.8) is 0 Å². The van der Waals surface area contributed by atoms with Gasteiger partial charge in [-0.3, -0.25) is 0 Å². The Hall–Kier alpha value is -1.36. The van der Waals surface area contributed by atoms with E-state index in [1.54, 1.807) is 28.8 Å². The first-order valence-electron chi connectivity index (χ1n) is 6.77. The molecule has 0 aromatic heterocycles. The highest BCUT2D eigenvalue weighted by Crippen LogP contribution is 2.31. The number of nitrogens with zero attached hydrogens (tertiary/aromatic N) is 1. The summed E-state index contributed by atoms with van der Waals surface area (Å²) in [5, 5.41) is 9.64. The van der Waals surface area contributed by atoms with Gasteiger partial charge in [-0.15, -0.1) is 11.8 Å². The summed E-state index contributed by atoms with van der Waals surface area (Å²) >= 11 is 1.74. The van der Waals surface area contributed by atoms with Gasteiger partial charge in [-0.2, -0.15) is 0 Å². The largest absolute Gasteiger partial charge is 0.508 e. The molecule has 1 heterocycles. The van der Waals surface area contributed by atoms with E-state index in [0.29, 0.717) is 11.8 Å². The number of carbonyl (C=O) groups excluding carboxylic acids is 1. The fourth-order valence-corrected chi connectivity index (χ4v) is 3.19. The Bertz CT molecular complexity index is 467. The van der Waals surface area contributed by atoms with E-state index in [2.05, 4.69) is 0 Å². The number of benzene rings is 1. The van der Waals surface area contributed by atoms with Crippen molar-refractivity contribution < 1.29 is 14.6 Å². The van der Waals surface area contributed by atoms with Gasteiger partial charge in [-0.1, -0.05) is 0 Å². The molecule has 0 saturated carbocycles. The molecule has 1 aliphatic rings. The number of phenolic OH excluding ortho intramolecular Hbond substituents is 1. The van der Waals surface area contributed by atoms with Gasteiger partial charge in [0.15, 0.2) is 0 Å². The summed E-state index contributed by atoms with van der Waals surface area (Å²) in [6, 6.07) is 7.16. The van der Waals surface area contributed by atoms with E-state index >= 15 is 0 Å². The molecule has 1 aromatic carbocycles. The zero-order valence-corrected chi connectivity index (χ0v) is 12.9. The second kappa shape index (κ2) is 5.95. The van der Waals surface area contributed by atoms with Crippen LogP contribution in [0, 0.1) is 0 Å². The first kappa shape index (κ1) is 15.0. The van der Waals surface area contributed by atoms with Crippen molar-refractivity contribution in [2.45, 2.75) is 42.9 Å². The van der Waals surface area contributed by atoms with E-state index in [4.69, 9.17) is 4.74 Å². The molecule has 110 valence electrons. The van der Waals surface area contributed by atoms with Crippen LogP contribution >= 0.6 is 11.8 Å². The van der Waals surface area contributed by atoms with Crippen LogP contribution in [0.1, 0.15) is 27.2 Å². The van der Waals surface area contributed by atoms with E-state index in [-0.39, 0.29) is 11.8 Å². The smallest absolute Gasteiger partial charge is 0.410 e. The predicted octanol–water partition coefficient (Wildman–Crippen LogP) is 3.49. The Morgan fingerprint density at radius 1 is 1.35 bits per heavy atom. The van der Waals surface area contributed by atoms with Crippen LogP contribution in [0.15, 0.2) is 29.2 Å². The Kier molecular flexibility index (Phi) is 4.48. The monoisotopic (exact) mass is 295 g/mol. The molecule has 0 radical (unpaired) electrons. The van der Waals surface area contributed by atoms with Crippen molar-refractivity contribution in [2.75, 3.05) is 13.1 Å². The average molecular weight is 295 g/mol. The second-order valence-electron chi connectivity index (χ2n) is 5.95. The second-order valence-corrected chi connectivity index (χ2v) is 7.32. The number of carbonyl (C=O) groups is 1. The minimum atomic E-state index is -0.445. The van der Waals surface area contributed by atoms with E-state index in [1.165, 1.54) is 0 Å². The van der Waals surface area contributed by atoms with Crippen molar-refractivity contribution in [1.82, 2.24) is 4.90 Å². The lowest BCUT2D eigenvalue weighted by Gasteiger charge is -2.24. The van der Waals surface area contributed by atoms with Crippen molar-refractivity contribution in [2.24, 2.45) is 0 Å². The topological polar surface area (TPSA) is 49.8 Å². The van der Waals surface area contributed by atoms with Gasteiger partial charge in [-0.05, 0) is 51.5 Å². The Labute approximate surface area is 124 Å². The number of aromatic hydroxyl groups is 1. The van der Waals surface area contributed by atoms with Crippen molar-refractivity contribution in [3.8, 4) is 5.75 Å². The summed E-state index contributed by atoms with van der Waals surface area (Å²) in [5.41, 5.74) is -0.445. The molecule has 2 rings (SSSR count). The lowest BCUT2D eigenvalue weighted by molar-refractivity contribution is 0.0295. The minimum Gasteiger partial charge on any atom is -0.508 e. The number of phenols is 1. The van der Waals surface area contributed by atoms with Gasteiger partial charge in [0.05, 0.1) is 0 Å². The van der Waals surface area contributed by atoms with Gasteiger partial charge < -0.3 is 14.7 Å². The molecule has 1 saturated heterocycles. The molecule has 4 nitrogen and oxygen atoms in total. The maximum atomic E-state index is 12.0. The molecule has 1 aliphatic heterocycles. The third-order valence-electron chi connectivity index (χ3n) is 2.94. The Morgan fingerprint density at radius 3 is 2.60 bits per heavy atom. The summed E-state index contributed by atoms with van der Waals surface area (Å²) in [5.74, 6) is 0.274. The quantitative estimate of drug-likeness (QED) is 0.907. The number of hydrogen-bond acceptors (Lipinski definition) is 4. The van der Waals surface area contributed by atoms with Gasteiger partial charge >= 0.3 is 6.09 Å². The standard InChI is InChI=1S/C15H21NO3S/c1-15(2,3)19-14(18)16-9-8-13(10-16)20-12-6-4-11(17)5-7-12/h4-7,13,17H,8-10H2,1-3H3/t13-/m0/s1. The number of amides is 1. The molecule has 0 unspecified atom stereocenters. The molecule has 0 spiro atoms. The van der Waals surface area contributed by atoms with E-state index in [1.807, 2.05) is 32.9 Å². The summed E-state index contributed by atoms with van der Waals surface area (Å²) in [7, 11) is 0. The third-order valence-corrected chi connectivity index (χ3v) is 4.20. The highest BCUT2D eigenvalue weighted by molar-refractivity contribution is 8.00. The van der Waals surface area contributed by atoms with Crippen LogP contribution in [0.2, 0.25) is 0 Å². The normalized spacial score (nSPS) is 19.1. The van der Waals surface area contributed by atoms with Crippen molar-refractivity contribution in [3.05, 3.63) is 24.3 Å². The summed E-state index contributed by atoms with van der Waals surface area (Å²) in [6.45, 7) is 7.09. The van der Waals surface area contributed by atoms with E-state index in [0.717, 1.165) is 17.9 Å². The first-order valence-corrected chi connectivity index (χ1v) is 7.65. The van der Waals surface area contributed by atoms with Gasteiger partial charge in [0.2, 0.25) is 0 Å². The number of hydrogen-bond donors (Lipinski definition) is 1. The predicted molar refractivity (Wildman–Crippen MR) is 80.2 cm³/mol. The van der Waals surface area contributed by atoms with Crippen LogP contribution in [-0.4, -0.2) is 40.0 Å². The Morgan fingerprint density at radius 2 is 2.00 bits per heavy atom. The van der Waals surface area contributed by atoms with Crippen LogP contribution in [0.5, 0.6) is 5.75 Å². The summed E-state index contributed by atoms with van der Waals surface area (Å²) < 4.78 is 5.38. The minimum absolute atomic E-state index is 0.230. The highest BCUT2D eigenvalue weighted by atomic mass is 32.2. The zero-order valence-electron chi connectivity index (χ0n) is 12.1. The maximum Gasteiger partial charge on any atom is 0.410 e. The van der Waals surface area contributed by atoms with Crippen LogP contribution in [0.4, 0.5) is 4.79 Å². The lowest BCUT2D eigenvalue weighted by atomic mass is 10.2. The number of likely N-dealkylation sites (tertiary alicyclic amines) is 1. The molecule has 1 N–H and O–H groups in total. The summed E-state index contributed by atoms with van der Waals surface area (Å²) in [4.78, 5) is 14.8. The first-order chi connectivity index (χ1) is 9.33. The molecule has 0 aliphatic carbocycles. The van der Waals surface area contributed by atoms with Crippen LogP contribution in [0.3, 0.4) is 0 Å². The highest BCUT2D eigenvalue weighted by Gasteiger charge is 2.30.